The van der Waals surface area contributed by atoms with Crippen molar-refractivity contribution in [1.82, 2.24) is 0 Å². The molecule has 7 heteroatoms. The average molecular weight is 204 g/mol. The van der Waals surface area contributed by atoms with Crippen LogP contribution in [0.4, 0.5) is 22.0 Å². The second-order valence-electron chi connectivity index (χ2n) is 2.16. The number of rotatable bonds is 3. The van der Waals surface area contributed by atoms with Crippen molar-refractivity contribution in [2.24, 2.45) is 0 Å². The number of aliphatic carboxylic acids is 1. The number of hydrogen-bond donors (Lipinski definition) is 1. The van der Waals surface area contributed by atoms with Crippen molar-refractivity contribution in [2.75, 3.05) is 0 Å². The largest absolute Gasteiger partial charge is 0.478 e. The summed E-state index contributed by atoms with van der Waals surface area (Å²) in [5, 5.41) is 8.04. The van der Waals surface area contributed by atoms with E-state index in [2.05, 4.69) is 0 Å². The molecule has 0 spiro atoms. The lowest BCUT2D eigenvalue weighted by Crippen LogP contribution is -2.10. The lowest BCUT2D eigenvalue weighted by atomic mass is 10.1. The van der Waals surface area contributed by atoms with Crippen molar-refractivity contribution in [2.45, 2.75) is 19.0 Å². The maximum atomic E-state index is 11.7. The first kappa shape index (κ1) is 11.9. The summed E-state index contributed by atoms with van der Waals surface area (Å²) in [6.45, 7) is 0. The summed E-state index contributed by atoms with van der Waals surface area (Å²) in [5.74, 6) is -2.02. The van der Waals surface area contributed by atoms with Gasteiger partial charge in [-0.25, -0.2) is 4.79 Å². The molecular weight excluding hydrogens is 199 g/mol. The molecule has 0 aliphatic heterocycles. The van der Waals surface area contributed by atoms with Crippen LogP contribution < -0.4 is 0 Å². The second kappa shape index (κ2) is 4.20. The molecule has 0 radical (unpaired) electrons. The van der Waals surface area contributed by atoms with Gasteiger partial charge in [0.05, 0.1) is 0 Å². The number of alkyl halides is 3. The third kappa shape index (κ3) is 5.15. The molecule has 0 aromatic rings. The summed E-state index contributed by atoms with van der Waals surface area (Å²) in [6.07, 6.45) is -9.99. The van der Waals surface area contributed by atoms with Crippen LogP contribution in [0, 0.1) is 0 Å². The third-order valence-electron chi connectivity index (χ3n) is 1.14. The Kier molecular flexibility index (Phi) is 3.83. The monoisotopic (exact) mass is 204 g/mol. The van der Waals surface area contributed by atoms with Crippen LogP contribution in [-0.4, -0.2) is 17.3 Å². The highest BCUT2D eigenvalue weighted by atomic mass is 19.4. The van der Waals surface area contributed by atoms with Crippen LogP contribution >= 0.6 is 0 Å². The summed E-state index contributed by atoms with van der Waals surface area (Å²) in [7, 11) is 0. The number of hydrogen-bond acceptors (Lipinski definition) is 1. The molecule has 0 aromatic heterocycles. The molecule has 0 saturated carbocycles. The van der Waals surface area contributed by atoms with Crippen LogP contribution in [0.3, 0.4) is 0 Å². The Morgan fingerprint density at radius 1 is 1.23 bits per heavy atom. The van der Waals surface area contributed by atoms with Crippen LogP contribution in [0.2, 0.25) is 0 Å². The number of carboxylic acid groups (broad SMARTS) is 1. The van der Waals surface area contributed by atoms with Crippen molar-refractivity contribution in [3.63, 3.8) is 0 Å². The van der Waals surface area contributed by atoms with E-state index in [4.69, 9.17) is 5.11 Å². The lowest BCUT2D eigenvalue weighted by Gasteiger charge is -2.05. The minimum absolute atomic E-state index is 1.21. The molecule has 0 saturated heterocycles. The van der Waals surface area contributed by atoms with Crippen molar-refractivity contribution in [3.8, 4) is 0 Å². The molecule has 0 unspecified atom stereocenters. The molecule has 13 heavy (non-hydrogen) atoms. The topological polar surface area (TPSA) is 37.3 Å². The quantitative estimate of drug-likeness (QED) is 0.566. The van der Waals surface area contributed by atoms with Gasteiger partial charge in [-0.3, -0.25) is 0 Å². The Bertz CT molecular complexity index is 226. The lowest BCUT2D eigenvalue weighted by molar-refractivity contribution is -0.138. The summed E-state index contributed by atoms with van der Waals surface area (Å²) < 4.78 is 57.8. The SMILES string of the molecule is O=C(O)C(CCC(F)(F)F)=C(F)F. The molecular formula is C6H5F5O2. The van der Waals surface area contributed by atoms with Crippen molar-refractivity contribution in [1.29, 1.82) is 0 Å². The number of carbonyl (C=O) groups is 1. The zero-order valence-corrected chi connectivity index (χ0v) is 6.16. The molecule has 0 atom stereocenters. The number of carboxylic acids is 1. The second-order valence-corrected chi connectivity index (χ2v) is 2.16. The highest BCUT2D eigenvalue weighted by Gasteiger charge is 2.29. The molecule has 1 N–H and O–H groups in total. The molecule has 76 valence electrons. The van der Waals surface area contributed by atoms with Crippen molar-refractivity contribution >= 4 is 5.97 Å². The zero-order valence-electron chi connectivity index (χ0n) is 6.16. The molecule has 0 aliphatic rings. The molecule has 0 bridgehead atoms. The van der Waals surface area contributed by atoms with Gasteiger partial charge in [0, 0.05) is 6.42 Å². The fourth-order valence-electron chi connectivity index (χ4n) is 0.549. The first-order valence-electron chi connectivity index (χ1n) is 3.08. The molecule has 2 nitrogen and oxygen atoms in total. The van der Waals surface area contributed by atoms with Crippen molar-refractivity contribution in [3.05, 3.63) is 11.7 Å². The van der Waals surface area contributed by atoms with Crippen LogP contribution in [0.15, 0.2) is 11.7 Å². The summed E-state index contributed by atoms with van der Waals surface area (Å²) in [5.41, 5.74) is -1.49. The van der Waals surface area contributed by atoms with Gasteiger partial charge < -0.3 is 5.11 Å². The number of halogens is 5. The van der Waals surface area contributed by atoms with Crippen LogP contribution in [0.1, 0.15) is 12.8 Å². The Morgan fingerprint density at radius 3 is 1.92 bits per heavy atom. The van der Waals surface area contributed by atoms with E-state index in [1.807, 2.05) is 0 Å². The van der Waals surface area contributed by atoms with E-state index in [9.17, 15) is 26.7 Å². The van der Waals surface area contributed by atoms with E-state index in [0.29, 0.717) is 0 Å². The molecule has 0 fully saturated rings. The normalized spacial score (nSPS) is 11.2. The molecule has 0 amide bonds. The summed E-state index contributed by atoms with van der Waals surface area (Å²) in [6, 6.07) is 0. The van der Waals surface area contributed by atoms with E-state index in [1.165, 1.54) is 0 Å². The Hall–Kier alpha value is -1.14. The van der Waals surface area contributed by atoms with Gasteiger partial charge in [0.2, 0.25) is 0 Å². The van der Waals surface area contributed by atoms with E-state index in [-0.39, 0.29) is 0 Å². The summed E-state index contributed by atoms with van der Waals surface area (Å²) in [4.78, 5) is 9.95. The van der Waals surface area contributed by atoms with Crippen LogP contribution in [0.5, 0.6) is 0 Å². The van der Waals surface area contributed by atoms with Gasteiger partial charge in [-0.05, 0) is 6.42 Å². The molecule has 0 heterocycles. The van der Waals surface area contributed by atoms with Crippen LogP contribution in [0.25, 0.3) is 0 Å². The van der Waals surface area contributed by atoms with Gasteiger partial charge in [0.15, 0.2) is 0 Å². The smallest absolute Gasteiger partial charge is 0.389 e. The maximum absolute atomic E-state index is 11.7. The van der Waals surface area contributed by atoms with Crippen LogP contribution in [-0.2, 0) is 4.79 Å². The minimum atomic E-state index is -4.63. The Balaban J connectivity index is 4.33. The predicted molar refractivity (Wildman–Crippen MR) is 32.2 cm³/mol. The highest BCUT2D eigenvalue weighted by Crippen LogP contribution is 2.25. The van der Waals surface area contributed by atoms with Crippen molar-refractivity contribution < 1.29 is 31.9 Å². The zero-order chi connectivity index (χ0) is 10.6. The first-order valence-corrected chi connectivity index (χ1v) is 3.08. The van der Waals surface area contributed by atoms with Gasteiger partial charge in [-0.2, -0.15) is 22.0 Å². The average Bonchev–Trinajstić information content (AvgIpc) is 1.82. The minimum Gasteiger partial charge on any atom is -0.478 e. The molecule has 0 rings (SSSR count). The van der Waals surface area contributed by atoms with E-state index in [1.54, 1.807) is 0 Å². The van der Waals surface area contributed by atoms with E-state index in [0.717, 1.165) is 0 Å². The highest BCUT2D eigenvalue weighted by molar-refractivity contribution is 5.86. The molecule has 0 aliphatic carbocycles. The van der Waals surface area contributed by atoms with Gasteiger partial charge in [0.25, 0.3) is 6.08 Å². The fraction of sp³-hybridized carbons (Fsp3) is 0.500. The standard InChI is InChI=1S/C6H5F5O2/c7-4(8)3(5(12)13)1-2-6(9,10)11/h1-2H2,(H,12,13). The Labute approximate surface area is 69.7 Å². The fourth-order valence-corrected chi connectivity index (χ4v) is 0.549. The van der Waals surface area contributed by atoms with Gasteiger partial charge in [-0.15, -0.1) is 0 Å². The van der Waals surface area contributed by atoms with Gasteiger partial charge in [-0.1, -0.05) is 0 Å². The summed E-state index contributed by atoms with van der Waals surface area (Å²) >= 11 is 0. The van der Waals surface area contributed by atoms with Gasteiger partial charge in [0.1, 0.15) is 5.57 Å². The van der Waals surface area contributed by atoms with E-state index >= 15 is 0 Å². The van der Waals surface area contributed by atoms with E-state index < -0.39 is 36.6 Å². The molecule has 0 aromatic carbocycles. The maximum Gasteiger partial charge on any atom is 0.389 e. The Morgan fingerprint density at radius 2 is 1.69 bits per heavy atom. The van der Waals surface area contributed by atoms with Gasteiger partial charge >= 0.3 is 12.1 Å². The first-order chi connectivity index (χ1) is 5.74. The third-order valence-corrected chi connectivity index (χ3v) is 1.14. The predicted octanol–water partition coefficient (Wildman–Crippen LogP) is 2.56.